The van der Waals surface area contributed by atoms with Crippen LogP contribution >= 0.6 is 0 Å². The minimum atomic E-state index is -4.65. The van der Waals surface area contributed by atoms with Gasteiger partial charge in [0.15, 0.2) is 5.96 Å². The number of hydrogen-bond acceptors (Lipinski definition) is 4. The topological polar surface area (TPSA) is 119 Å². The highest BCUT2D eigenvalue weighted by Crippen LogP contribution is 2.38. The number of ether oxygens (including phenoxy) is 1. The number of fused-ring (bicyclic) bond motifs is 1. The van der Waals surface area contributed by atoms with Crippen LogP contribution in [0.4, 0.5) is 13.2 Å². The van der Waals surface area contributed by atoms with Gasteiger partial charge in [-0.1, -0.05) is 24.3 Å². The zero-order chi connectivity index (χ0) is 21.9. The molecule has 2 aromatic carbocycles. The number of carbonyl (C=O) groups excluding carboxylic acids is 1. The SMILES string of the molecule is CN=C(N)NC(=O)c1cc2c(C(F)(F)F)cc(OCc3ccccc3CN)cc2[nH]1. The molecule has 1 heterocycles. The number of benzene rings is 2. The lowest BCUT2D eigenvalue weighted by Crippen LogP contribution is -2.36. The summed E-state index contributed by atoms with van der Waals surface area (Å²) < 4.78 is 46.5. The van der Waals surface area contributed by atoms with Gasteiger partial charge in [-0.25, -0.2) is 0 Å². The zero-order valence-corrected chi connectivity index (χ0v) is 16.0. The van der Waals surface area contributed by atoms with Crippen LogP contribution in [0.25, 0.3) is 10.9 Å². The van der Waals surface area contributed by atoms with Crippen LogP contribution in [0.2, 0.25) is 0 Å². The number of nitrogens with two attached hydrogens (primary N) is 2. The van der Waals surface area contributed by atoms with Crippen LogP contribution in [0.3, 0.4) is 0 Å². The highest BCUT2D eigenvalue weighted by atomic mass is 19.4. The molecule has 0 unspecified atom stereocenters. The van der Waals surface area contributed by atoms with E-state index < -0.39 is 17.6 Å². The van der Waals surface area contributed by atoms with Gasteiger partial charge in [-0.2, -0.15) is 13.2 Å². The Balaban J connectivity index is 1.97. The summed E-state index contributed by atoms with van der Waals surface area (Å²) in [5, 5.41) is 2.11. The molecule has 0 atom stereocenters. The van der Waals surface area contributed by atoms with Gasteiger partial charge in [0.2, 0.25) is 0 Å². The summed E-state index contributed by atoms with van der Waals surface area (Å²) in [5.74, 6) is -0.857. The van der Waals surface area contributed by atoms with Gasteiger partial charge < -0.3 is 21.2 Å². The first kappa shape index (κ1) is 21.2. The Morgan fingerprint density at radius 3 is 2.53 bits per heavy atom. The van der Waals surface area contributed by atoms with Crippen molar-refractivity contribution < 1.29 is 22.7 Å². The smallest absolute Gasteiger partial charge is 0.417 e. The molecule has 0 saturated heterocycles. The number of nitrogens with zero attached hydrogens (tertiary/aromatic N) is 1. The number of rotatable bonds is 5. The number of hydrogen-bond donors (Lipinski definition) is 4. The predicted molar refractivity (Wildman–Crippen MR) is 107 cm³/mol. The standard InChI is InChI=1S/C20H20F3N5O2/c1-26-19(25)28-18(29)17-8-14-15(20(21,22)23)6-13(7-16(14)27-17)30-10-12-5-3-2-4-11(12)9-24/h2-8,27H,9-10,24H2,1H3,(H3,25,26,28,29). The van der Waals surface area contributed by atoms with Crippen LogP contribution in [0.5, 0.6) is 5.75 Å². The monoisotopic (exact) mass is 419 g/mol. The number of guanidine groups is 1. The average molecular weight is 419 g/mol. The van der Waals surface area contributed by atoms with Gasteiger partial charge in [0.05, 0.1) is 11.1 Å². The maximum Gasteiger partial charge on any atom is 0.417 e. The number of aromatic amines is 1. The van der Waals surface area contributed by atoms with Crippen molar-refractivity contribution >= 4 is 22.8 Å². The number of aliphatic imine (C=N–C) groups is 1. The highest BCUT2D eigenvalue weighted by molar-refractivity contribution is 6.06. The summed E-state index contributed by atoms with van der Waals surface area (Å²) in [6.07, 6.45) is -4.65. The van der Waals surface area contributed by atoms with E-state index in [1.165, 1.54) is 13.1 Å². The second-order valence-corrected chi connectivity index (χ2v) is 6.44. The second kappa shape index (κ2) is 8.46. The summed E-state index contributed by atoms with van der Waals surface area (Å²) in [7, 11) is 1.37. The molecule has 3 aromatic rings. The average Bonchev–Trinajstić information content (AvgIpc) is 3.15. The first-order valence-corrected chi connectivity index (χ1v) is 8.90. The Kier molecular flexibility index (Phi) is 5.97. The third kappa shape index (κ3) is 4.54. The summed E-state index contributed by atoms with van der Waals surface area (Å²) in [6, 6.07) is 10.7. The van der Waals surface area contributed by atoms with Crippen LogP contribution in [0.1, 0.15) is 27.2 Å². The van der Waals surface area contributed by atoms with E-state index in [1.54, 1.807) is 12.1 Å². The Morgan fingerprint density at radius 2 is 1.90 bits per heavy atom. The molecule has 0 bridgehead atoms. The Labute approximate surface area is 169 Å². The van der Waals surface area contributed by atoms with Crippen molar-refractivity contribution in [3.8, 4) is 5.75 Å². The van der Waals surface area contributed by atoms with Crippen molar-refractivity contribution in [2.45, 2.75) is 19.3 Å². The number of aromatic nitrogens is 1. The van der Waals surface area contributed by atoms with E-state index in [9.17, 15) is 18.0 Å². The van der Waals surface area contributed by atoms with E-state index in [4.69, 9.17) is 16.2 Å². The third-order valence-corrected chi connectivity index (χ3v) is 4.48. The maximum atomic E-state index is 13.6. The van der Waals surface area contributed by atoms with Gasteiger partial charge >= 0.3 is 6.18 Å². The fourth-order valence-electron chi connectivity index (χ4n) is 2.95. The molecule has 0 aliphatic rings. The molecular weight excluding hydrogens is 399 g/mol. The van der Waals surface area contributed by atoms with Gasteiger partial charge in [0.25, 0.3) is 5.91 Å². The van der Waals surface area contributed by atoms with Crippen molar-refractivity contribution in [3.63, 3.8) is 0 Å². The van der Waals surface area contributed by atoms with E-state index in [2.05, 4.69) is 15.3 Å². The Hall–Kier alpha value is -3.53. The van der Waals surface area contributed by atoms with Crippen LogP contribution in [0.15, 0.2) is 47.5 Å². The van der Waals surface area contributed by atoms with Gasteiger partial charge in [-0.05, 0) is 23.3 Å². The molecule has 0 saturated carbocycles. The molecule has 1 aromatic heterocycles. The molecule has 3 rings (SSSR count). The first-order chi connectivity index (χ1) is 14.2. The number of amides is 1. The van der Waals surface area contributed by atoms with E-state index >= 15 is 0 Å². The lowest BCUT2D eigenvalue weighted by molar-refractivity contribution is -0.136. The molecular formula is C20H20F3N5O2. The van der Waals surface area contributed by atoms with E-state index in [-0.39, 0.29) is 41.5 Å². The lowest BCUT2D eigenvalue weighted by Gasteiger charge is -2.13. The number of nitrogens with one attached hydrogen (secondary N) is 2. The molecule has 7 nitrogen and oxygen atoms in total. The number of carbonyl (C=O) groups is 1. The van der Waals surface area contributed by atoms with E-state index in [1.807, 2.05) is 12.1 Å². The van der Waals surface area contributed by atoms with Gasteiger partial charge in [-0.15, -0.1) is 0 Å². The Morgan fingerprint density at radius 1 is 1.20 bits per heavy atom. The van der Waals surface area contributed by atoms with Crippen molar-refractivity contribution in [1.82, 2.24) is 10.3 Å². The molecule has 10 heteroatoms. The predicted octanol–water partition coefficient (Wildman–Crippen LogP) is 2.90. The van der Waals surface area contributed by atoms with Crippen LogP contribution in [-0.2, 0) is 19.3 Å². The fraction of sp³-hybridized carbons (Fsp3) is 0.200. The molecule has 158 valence electrons. The molecule has 0 aliphatic carbocycles. The molecule has 1 amide bonds. The minimum Gasteiger partial charge on any atom is -0.489 e. The maximum absolute atomic E-state index is 13.6. The van der Waals surface area contributed by atoms with E-state index in [0.29, 0.717) is 0 Å². The molecule has 0 fully saturated rings. The van der Waals surface area contributed by atoms with Crippen molar-refractivity contribution in [1.29, 1.82) is 0 Å². The summed E-state index contributed by atoms with van der Waals surface area (Å²) in [4.78, 5) is 18.4. The van der Waals surface area contributed by atoms with Crippen molar-refractivity contribution in [2.24, 2.45) is 16.5 Å². The van der Waals surface area contributed by atoms with Crippen LogP contribution in [-0.4, -0.2) is 23.9 Å². The highest BCUT2D eigenvalue weighted by Gasteiger charge is 2.34. The lowest BCUT2D eigenvalue weighted by atomic mass is 10.1. The summed E-state index contributed by atoms with van der Waals surface area (Å²) >= 11 is 0. The largest absolute Gasteiger partial charge is 0.489 e. The molecule has 0 spiro atoms. The molecule has 0 aliphatic heterocycles. The first-order valence-electron chi connectivity index (χ1n) is 8.90. The summed E-state index contributed by atoms with van der Waals surface area (Å²) in [6.45, 7) is 0.333. The number of alkyl halides is 3. The summed E-state index contributed by atoms with van der Waals surface area (Å²) in [5.41, 5.74) is 11.8. The van der Waals surface area contributed by atoms with Crippen LogP contribution in [0, 0.1) is 0 Å². The third-order valence-electron chi connectivity index (χ3n) is 4.48. The van der Waals surface area contributed by atoms with E-state index in [0.717, 1.165) is 23.3 Å². The normalized spacial score (nSPS) is 12.2. The van der Waals surface area contributed by atoms with Crippen molar-refractivity contribution in [2.75, 3.05) is 7.05 Å². The molecule has 0 radical (unpaired) electrons. The zero-order valence-electron chi connectivity index (χ0n) is 16.0. The van der Waals surface area contributed by atoms with Gasteiger partial charge in [0.1, 0.15) is 18.1 Å². The molecule has 30 heavy (non-hydrogen) atoms. The van der Waals surface area contributed by atoms with Crippen LogP contribution < -0.4 is 21.5 Å². The Bertz CT molecular complexity index is 1110. The minimum absolute atomic E-state index is 0.00472. The number of halogens is 3. The number of H-pyrrole nitrogens is 1. The molecule has 6 N–H and O–H groups in total. The van der Waals surface area contributed by atoms with Gasteiger partial charge in [-0.3, -0.25) is 15.1 Å². The quantitative estimate of drug-likeness (QED) is 0.376. The van der Waals surface area contributed by atoms with Gasteiger partial charge in [0, 0.05) is 25.0 Å². The van der Waals surface area contributed by atoms with Crippen molar-refractivity contribution in [3.05, 3.63) is 64.8 Å². The fourth-order valence-corrected chi connectivity index (χ4v) is 2.95. The second-order valence-electron chi connectivity index (χ2n) is 6.44.